The normalized spacial score (nSPS) is 10.6. The molecule has 2 aromatic heterocycles. The van der Waals surface area contributed by atoms with Crippen molar-refractivity contribution in [3.05, 3.63) is 89.6 Å². The molecule has 0 fully saturated rings. The van der Waals surface area contributed by atoms with Gasteiger partial charge < -0.3 is 10.1 Å². The van der Waals surface area contributed by atoms with E-state index in [1.807, 2.05) is 6.07 Å². The molecule has 0 saturated carbocycles. The second-order valence-electron chi connectivity index (χ2n) is 6.35. The third kappa shape index (κ3) is 4.01. The first kappa shape index (κ1) is 19.6. The molecule has 0 bridgehead atoms. The number of rotatable bonds is 5. The summed E-state index contributed by atoms with van der Waals surface area (Å²) in [7, 11) is 1.52. The minimum Gasteiger partial charge on any atom is -0.495 e. The molecular weight excluding hydrogens is 407 g/mol. The SMILES string of the molecule is COc1ccc(NC(=O)c2cc(-c3cccnc3)n(-c3ccc(F)cc3)n2)cc1Cl. The zero-order valence-electron chi connectivity index (χ0n) is 15.8. The van der Waals surface area contributed by atoms with Crippen LogP contribution in [0.1, 0.15) is 10.5 Å². The predicted molar refractivity (Wildman–Crippen MR) is 113 cm³/mol. The minimum atomic E-state index is -0.415. The van der Waals surface area contributed by atoms with Gasteiger partial charge in [-0.05, 0) is 60.7 Å². The first-order valence-electron chi connectivity index (χ1n) is 8.96. The van der Waals surface area contributed by atoms with Crippen molar-refractivity contribution in [1.29, 1.82) is 0 Å². The van der Waals surface area contributed by atoms with E-state index in [0.717, 1.165) is 5.56 Å². The molecule has 6 nitrogen and oxygen atoms in total. The van der Waals surface area contributed by atoms with Crippen molar-refractivity contribution in [1.82, 2.24) is 14.8 Å². The molecule has 2 aromatic carbocycles. The molecule has 1 N–H and O–H groups in total. The Kier molecular flexibility index (Phi) is 5.45. The van der Waals surface area contributed by atoms with E-state index in [2.05, 4.69) is 15.4 Å². The van der Waals surface area contributed by atoms with Crippen LogP contribution in [-0.4, -0.2) is 27.8 Å². The van der Waals surface area contributed by atoms with Crippen molar-refractivity contribution >= 4 is 23.2 Å². The molecule has 1 amide bonds. The van der Waals surface area contributed by atoms with Crippen molar-refractivity contribution < 1.29 is 13.9 Å². The highest BCUT2D eigenvalue weighted by Gasteiger charge is 2.17. The van der Waals surface area contributed by atoms with E-state index in [1.54, 1.807) is 59.5 Å². The lowest BCUT2D eigenvalue weighted by molar-refractivity contribution is 0.102. The van der Waals surface area contributed by atoms with Crippen molar-refractivity contribution in [2.45, 2.75) is 0 Å². The fourth-order valence-electron chi connectivity index (χ4n) is 2.93. The van der Waals surface area contributed by atoms with Gasteiger partial charge in [0.05, 0.1) is 23.5 Å². The summed E-state index contributed by atoms with van der Waals surface area (Å²) in [5, 5.41) is 7.59. The Hall–Kier alpha value is -3.71. The maximum atomic E-state index is 13.4. The number of hydrogen-bond donors (Lipinski definition) is 1. The highest BCUT2D eigenvalue weighted by Crippen LogP contribution is 2.28. The fourth-order valence-corrected chi connectivity index (χ4v) is 3.19. The van der Waals surface area contributed by atoms with Crippen LogP contribution in [0.15, 0.2) is 73.1 Å². The van der Waals surface area contributed by atoms with E-state index in [4.69, 9.17) is 16.3 Å². The first-order chi connectivity index (χ1) is 14.5. The number of halogens is 2. The molecule has 0 atom stereocenters. The van der Waals surface area contributed by atoms with E-state index in [9.17, 15) is 9.18 Å². The molecule has 0 unspecified atom stereocenters. The monoisotopic (exact) mass is 422 g/mol. The van der Waals surface area contributed by atoms with Gasteiger partial charge in [0.25, 0.3) is 5.91 Å². The number of methoxy groups -OCH3 is 1. The van der Waals surface area contributed by atoms with Gasteiger partial charge in [-0.3, -0.25) is 9.78 Å². The lowest BCUT2D eigenvalue weighted by Gasteiger charge is -2.07. The molecule has 150 valence electrons. The third-order valence-electron chi connectivity index (χ3n) is 4.38. The lowest BCUT2D eigenvalue weighted by Crippen LogP contribution is -2.13. The second-order valence-corrected chi connectivity index (χ2v) is 6.76. The summed E-state index contributed by atoms with van der Waals surface area (Å²) in [5.41, 5.74) is 2.71. The Morgan fingerprint density at radius 1 is 1.13 bits per heavy atom. The average molecular weight is 423 g/mol. The number of nitrogens with zero attached hydrogens (tertiary/aromatic N) is 3. The lowest BCUT2D eigenvalue weighted by atomic mass is 10.2. The quantitative estimate of drug-likeness (QED) is 0.492. The molecule has 2 heterocycles. The molecule has 0 aliphatic heterocycles. The molecule has 0 saturated heterocycles. The summed E-state index contributed by atoms with van der Waals surface area (Å²) in [5.74, 6) is -0.264. The molecule has 0 radical (unpaired) electrons. The summed E-state index contributed by atoms with van der Waals surface area (Å²) < 4.78 is 20.1. The average Bonchev–Trinajstić information content (AvgIpc) is 3.21. The summed E-state index contributed by atoms with van der Waals surface area (Å²) in [4.78, 5) is 17.0. The van der Waals surface area contributed by atoms with Crippen LogP contribution in [0.5, 0.6) is 5.75 Å². The van der Waals surface area contributed by atoms with Crippen LogP contribution >= 0.6 is 11.6 Å². The topological polar surface area (TPSA) is 69.0 Å². The van der Waals surface area contributed by atoms with Crippen LogP contribution in [0.2, 0.25) is 5.02 Å². The molecule has 0 spiro atoms. The predicted octanol–water partition coefficient (Wildman–Crippen LogP) is 4.99. The number of pyridine rings is 1. The number of amides is 1. The summed E-state index contributed by atoms with van der Waals surface area (Å²) in [6.45, 7) is 0. The van der Waals surface area contributed by atoms with Crippen molar-refractivity contribution in [2.75, 3.05) is 12.4 Å². The van der Waals surface area contributed by atoms with Crippen molar-refractivity contribution in [3.63, 3.8) is 0 Å². The first-order valence-corrected chi connectivity index (χ1v) is 9.34. The van der Waals surface area contributed by atoms with Gasteiger partial charge in [0.2, 0.25) is 0 Å². The summed E-state index contributed by atoms with van der Waals surface area (Å²) >= 11 is 6.13. The van der Waals surface area contributed by atoms with Crippen LogP contribution in [0.4, 0.5) is 10.1 Å². The summed E-state index contributed by atoms with van der Waals surface area (Å²) in [6.07, 6.45) is 3.32. The van der Waals surface area contributed by atoms with Gasteiger partial charge in [0.1, 0.15) is 11.6 Å². The molecular formula is C22H16ClFN4O2. The number of ether oxygens (including phenoxy) is 1. The van der Waals surface area contributed by atoms with Crippen LogP contribution in [0, 0.1) is 5.82 Å². The highest BCUT2D eigenvalue weighted by atomic mass is 35.5. The van der Waals surface area contributed by atoms with E-state index >= 15 is 0 Å². The number of aromatic nitrogens is 3. The fraction of sp³-hybridized carbons (Fsp3) is 0.0455. The summed E-state index contributed by atoms with van der Waals surface area (Å²) in [6, 6.07) is 16.1. The van der Waals surface area contributed by atoms with Crippen molar-refractivity contribution in [2.24, 2.45) is 0 Å². The zero-order chi connectivity index (χ0) is 21.1. The highest BCUT2D eigenvalue weighted by molar-refractivity contribution is 6.32. The number of hydrogen-bond acceptors (Lipinski definition) is 4. The van der Waals surface area contributed by atoms with Crippen LogP contribution in [0.3, 0.4) is 0 Å². The minimum absolute atomic E-state index is 0.185. The van der Waals surface area contributed by atoms with Gasteiger partial charge >= 0.3 is 0 Å². The zero-order valence-corrected chi connectivity index (χ0v) is 16.6. The van der Waals surface area contributed by atoms with Gasteiger partial charge in [-0.15, -0.1) is 0 Å². The van der Waals surface area contributed by atoms with Gasteiger partial charge in [0.15, 0.2) is 5.69 Å². The maximum absolute atomic E-state index is 13.4. The van der Waals surface area contributed by atoms with Gasteiger partial charge in [0, 0.05) is 23.6 Å². The Morgan fingerprint density at radius 2 is 1.93 bits per heavy atom. The molecule has 0 aliphatic carbocycles. The third-order valence-corrected chi connectivity index (χ3v) is 4.68. The molecule has 30 heavy (non-hydrogen) atoms. The van der Waals surface area contributed by atoms with Gasteiger partial charge in [-0.1, -0.05) is 11.6 Å². The Balaban J connectivity index is 1.71. The van der Waals surface area contributed by atoms with E-state index < -0.39 is 5.91 Å². The molecule has 8 heteroatoms. The largest absolute Gasteiger partial charge is 0.495 e. The number of nitrogens with one attached hydrogen (secondary N) is 1. The van der Waals surface area contributed by atoms with Gasteiger partial charge in [-0.2, -0.15) is 5.10 Å². The Morgan fingerprint density at radius 3 is 2.60 bits per heavy atom. The van der Waals surface area contributed by atoms with Crippen LogP contribution in [-0.2, 0) is 0 Å². The van der Waals surface area contributed by atoms with E-state index in [0.29, 0.717) is 27.8 Å². The molecule has 4 aromatic rings. The smallest absolute Gasteiger partial charge is 0.276 e. The maximum Gasteiger partial charge on any atom is 0.276 e. The Labute approximate surface area is 176 Å². The Bertz CT molecular complexity index is 1190. The van der Waals surface area contributed by atoms with Crippen molar-refractivity contribution in [3.8, 4) is 22.7 Å². The van der Waals surface area contributed by atoms with E-state index in [-0.39, 0.29) is 11.5 Å². The molecule has 0 aliphatic rings. The van der Waals surface area contributed by atoms with E-state index in [1.165, 1.54) is 19.2 Å². The van der Waals surface area contributed by atoms with Gasteiger partial charge in [-0.25, -0.2) is 9.07 Å². The van der Waals surface area contributed by atoms with Crippen LogP contribution in [0.25, 0.3) is 16.9 Å². The number of carbonyl (C=O) groups is 1. The van der Waals surface area contributed by atoms with Crippen LogP contribution < -0.4 is 10.1 Å². The number of anilines is 1. The molecule has 4 rings (SSSR count). The number of carbonyl (C=O) groups excluding carboxylic acids is 1. The number of benzene rings is 2. The second kappa shape index (κ2) is 8.34. The standard InChI is InChI=1S/C22H16ClFN4O2/c1-30-21-9-6-16(11-18(21)23)26-22(29)19-12-20(14-3-2-10-25-13-14)28(27-19)17-7-4-15(24)5-8-17/h2-13H,1H3,(H,26,29).